The first-order valence-electron chi connectivity index (χ1n) is 6.37. The number of carbonyl (C=O) groups excluding carboxylic acids is 1. The molecule has 2 rings (SSSR count). The zero-order valence-electron chi connectivity index (χ0n) is 12.3. The van der Waals surface area contributed by atoms with E-state index in [1.165, 1.54) is 38.4 Å². The number of nitrogens with one attached hydrogen (secondary N) is 1. The molecule has 6 nitrogen and oxygen atoms in total. The molecule has 1 fully saturated rings. The molecular formula is C13H16Cl2N2O4S. The van der Waals surface area contributed by atoms with Crippen LogP contribution in [0.25, 0.3) is 0 Å². The maximum atomic E-state index is 12.1. The number of hydrogen-bond donors (Lipinski definition) is 1. The molecule has 0 spiro atoms. The number of rotatable bonds is 5. The first kappa shape index (κ1) is 17.5. The second-order valence-electron chi connectivity index (χ2n) is 5.29. The monoisotopic (exact) mass is 366 g/mol. The molecular weight excluding hydrogens is 351 g/mol. The molecule has 0 aliphatic heterocycles. The number of carbonyl (C=O) groups is 1. The number of sulfonamides is 1. The molecule has 22 heavy (non-hydrogen) atoms. The lowest BCUT2D eigenvalue weighted by Crippen LogP contribution is -2.26. The Morgan fingerprint density at radius 2 is 1.82 bits per heavy atom. The van der Waals surface area contributed by atoms with Gasteiger partial charge < -0.3 is 5.32 Å². The van der Waals surface area contributed by atoms with E-state index in [0.717, 1.165) is 4.47 Å². The summed E-state index contributed by atoms with van der Waals surface area (Å²) in [6.45, 7) is 1.68. The van der Waals surface area contributed by atoms with Crippen molar-refractivity contribution in [2.24, 2.45) is 5.41 Å². The predicted molar refractivity (Wildman–Crippen MR) is 84.2 cm³/mol. The average molecular weight is 367 g/mol. The molecule has 0 heterocycles. The Bertz CT molecular complexity index is 690. The number of alkyl halides is 2. The third-order valence-electron chi connectivity index (χ3n) is 3.76. The van der Waals surface area contributed by atoms with Crippen LogP contribution in [-0.2, 0) is 19.7 Å². The first-order chi connectivity index (χ1) is 10.0. The highest BCUT2D eigenvalue weighted by molar-refractivity contribution is 7.89. The second kappa shape index (κ2) is 5.65. The fraction of sp³-hybridized carbons (Fsp3) is 0.462. The molecule has 1 aliphatic carbocycles. The van der Waals surface area contributed by atoms with Gasteiger partial charge in [-0.15, -0.1) is 23.2 Å². The summed E-state index contributed by atoms with van der Waals surface area (Å²) in [7, 11) is -1.16. The maximum absolute atomic E-state index is 12.1. The van der Waals surface area contributed by atoms with E-state index >= 15 is 0 Å². The standard InChI is InChI=1S/C13H16Cl2N2O4S/c1-12(8-13(12,14)15)11(18)16-9-4-6-10(7-5-9)22(19,20)17(2)21-3/h4-7H,8H2,1-3H3,(H,16,18). The van der Waals surface area contributed by atoms with E-state index in [0.29, 0.717) is 12.1 Å². The van der Waals surface area contributed by atoms with Gasteiger partial charge in [-0.2, -0.15) is 0 Å². The zero-order chi connectivity index (χ0) is 16.8. The van der Waals surface area contributed by atoms with E-state index in [1.54, 1.807) is 6.92 Å². The Morgan fingerprint density at radius 1 is 1.32 bits per heavy atom. The van der Waals surface area contributed by atoms with Crippen molar-refractivity contribution in [3.05, 3.63) is 24.3 Å². The van der Waals surface area contributed by atoms with Gasteiger partial charge in [0.25, 0.3) is 10.0 Å². The molecule has 1 N–H and O–H groups in total. The number of benzene rings is 1. The maximum Gasteiger partial charge on any atom is 0.264 e. The Kier molecular flexibility index (Phi) is 4.49. The van der Waals surface area contributed by atoms with Crippen molar-refractivity contribution in [1.29, 1.82) is 0 Å². The van der Waals surface area contributed by atoms with E-state index in [-0.39, 0.29) is 10.8 Å². The quantitative estimate of drug-likeness (QED) is 0.641. The lowest BCUT2D eigenvalue weighted by molar-refractivity contribution is -0.120. The third kappa shape index (κ3) is 2.96. The van der Waals surface area contributed by atoms with Crippen LogP contribution in [0.4, 0.5) is 5.69 Å². The lowest BCUT2D eigenvalue weighted by Gasteiger charge is -2.15. The van der Waals surface area contributed by atoms with Gasteiger partial charge in [0.05, 0.1) is 17.4 Å². The van der Waals surface area contributed by atoms with Gasteiger partial charge in [-0.3, -0.25) is 9.63 Å². The molecule has 1 aliphatic rings. The SMILES string of the molecule is CON(C)S(=O)(=O)c1ccc(NC(=O)C2(C)CC2(Cl)Cl)cc1. The molecule has 0 saturated heterocycles. The van der Waals surface area contributed by atoms with Gasteiger partial charge in [0.1, 0.15) is 4.33 Å². The molecule has 1 amide bonds. The van der Waals surface area contributed by atoms with Crippen LogP contribution in [0.2, 0.25) is 0 Å². The normalized spacial score (nSPS) is 23.4. The summed E-state index contributed by atoms with van der Waals surface area (Å²) in [5.74, 6) is -0.304. The van der Waals surface area contributed by atoms with Crippen LogP contribution in [-0.4, -0.2) is 37.3 Å². The van der Waals surface area contributed by atoms with Gasteiger partial charge in [0, 0.05) is 12.7 Å². The molecule has 0 radical (unpaired) electrons. The van der Waals surface area contributed by atoms with Crippen LogP contribution in [0.1, 0.15) is 13.3 Å². The van der Waals surface area contributed by atoms with Crippen molar-refractivity contribution in [1.82, 2.24) is 4.47 Å². The minimum atomic E-state index is -3.71. The van der Waals surface area contributed by atoms with Gasteiger partial charge in [-0.1, -0.05) is 4.47 Å². The highest BCUT2D eigenvalue weighted by atomic mass is 35.5. The van der Waals surface area contributed by atoms with Crippen molar-refractivity contribution in [3.8, 4) is 0 Å². The highest BCUT2D eigenvalue weighted by Crippen LogP contribution is 2.64. The molecule has 122 valence electrons. The van der Waals surface area contributed by atoms with Gasteiger partial charge in [0.2, 0.25) is 5.91 Å². The number of halogens is 2. The van der Waals surface area contributed by atoms with Crippen LogP contribution < -0.4 is 5.32 Å². The van der Waals surface area contributed by atoms with Crippen molar-refractivity contribution in [3.63, 3.8) is 0 Å². The number of nitrogens with zero attached hydrogens (tertiary/aromatic N) is 1. The molecule has 0 aromatic heterocycles. The van der Waals surface area contributed by atoms with E-state index in [4.69, 9.17) is 23.2 Å². The van der Waals surface area contributed by atoms with Crippen LogP contribution in [0.5, 0.6) is 0 Å². The summed E-state index contributed by atoms with van der Waals surface area (Å²) in [6, 6.07) is 5.74. The van der Waals surface area contributed by atoms with Crippen LogP contribution in [0, 0.1) is 5.41 Å². The topological polar surface area (TPSA) is 75.7 Å². The first-order valence-corrected chi connectivity index (χ1v) is 8.56. The number of hydrogen-bond acceptors (Lipinski definition) is 4. The van der Waals surface area contributed by atoms with Crippen molar-refractivity contribution >= 4 is 44.8 Å². The van der Waals surface area contributed by atoms with E-state index in [2.05, 4.69) is 10.2 Å². The van der Waals surface area contributed by atoms with Gasteiger partial charge >= 0.3 is 0 Å². The summed E-state index contributed by atoms with van der Waals surface area (Å²) >= 11 is 11.9. The zero-order valence-corrected chi connectivity index (χ0v) is 14.6. The summed E-state index contributed by atoms with van der Waals surface area (Å²) in [5.41, 5.74) is -0.377. The molecule has 1 atom stereocenters. The van der Waals surface area contributed by atoms with Gasteiger partial charge in [-0.25, -0.2) is 8.42 Å². The van der Waals surface area contributed by atoms with E-state index in [9.17, 15) is 13.2 Å². The van der Waals surface area contributed by atoms with Crippen molar-refractivity contribution < 1.29 is 18.0 Å². The van der Waals surface area contributed by atoms with Gasteiger partial charge in [-0.05, 0) is 37.6 Å². The fourth-order valence-corrected chi connectivity index (χ4v) is 3.55. The van der Waals surface area contributed by atoms with E-state index in [1.807, 2.05) is 0 Å². The van der Waals surface area contributed by atoms with Crippen LogP contribution in [0.15, 0.2) is 29.2 Å². The molecule has 1 saturated carbocycles. The van der Waals surface area contributed by atoms with E-state index < -0.39 is 19.8 Å². The average Bonchev–Trinajstić information content (AvgIpc) is 2.98. The molecule has 0 bridgehead atoms. The lowest BCUT2D eigenvalue weighted by atomic mass is 10.1. The second-order valence-corrected chi connectivity index (χ2v) is 8.71. The Hall–Kier alpha value is -0.860. The fourth-order valence-electron chi connectivity index (χ4n) is 1.87. The summed E-state index contributed by atoms with van der Waals surface area (Å²) in [6.07, 6.45) is 0.375. The summed E-state index contributed by atoms with van der Waals surface area (Å²) in [5, 5.41) is 2.67. The molecule has 1 unspecified atom stereocenters. The molecule has 1 aromatic rings. The Morgan fingerprint density at radius 3 is 2.23 bits per heavy atom. The van der Waals surface area contributed by atoms with Crippen LogP contribution in [0.3, 0.4) is 0 Å². The largest absolute Gasteiger partial charge is 0.326 e. The minimum absolute atomic E-state index is 0.0523. The summed E-state index contributed by atoms with van der Waals surface area (Å²) in [4.78, 5) is 16.9. The number of hydroxylamine groups is 1. The third-order valence-corrected chi connectivity index (χ3v) is 6.56. The minimum Gasteiger partial charge on any atom is -0.326 e. The van der Waals surface area contributed by atoms with Crippen LogP contribution >= 0.6 is 23.2 Å². The molecule has 9 heteroatoms. The summed E-state index contributed by atoms with van der Waals surface area (Å²) < 4.78 is 23.8. The Balaban J connectivity index is 2.12. The molecule has 1 aromatic carbocycles. The van der Waals surface area contributed by atoms with Gasteiger partial charge in [0.15, 0.2) is 0 Å². The van der Waals surface area contributed by atoms with Crippen molar-refractivity contribution in [2.75, 3.05) is 19.5 Å². The highest BCUT2D eigenvalue weighted by Gasteiger charge is 2.67. The smallest absolute Gasteiger partial charge is 0.264 e. The number of anilines is 1. The van der Waals surface area contributed by atoms with Crippen molar-refractivity contribution in [2.45, 2.75) is 22.6 Å². The Labute approximate surface area is 139 Å². The predicted octanol–water partition coefficient (Wildman–Crippen LogP) is 2.39. The number of amides is 1.